The maximum Gasteiger partial charge on any atom is 0.225 e. The predicted octanol–water partition coefficient (Wildman–Crippen LogP) is 4.23. The maximum absolute atomic E-state index is 13.7. The van der Waals surface area contributed by atoms with Gasteiger partial charge in [-0.25, -0.2) is 4.39 Å². The highest BCUT2D eigenvalue weighted by molar-refractivity contribution is 5.79. The van der Waals surface area contributed by atoms with E-state index in [0.29, 0.717) is 23.7 Å². The first-order valence-electron chi connectivity index (χ1n) is 9.29. The fraction of sp³-hybridized carbons (Fsp3) is 0.217. The van der Waals surface area contributed by atoms with Crippen LogP contribution in [0.4, 0.5) is 4.39 Å². The van der Waals surface area contributed by atoms with Gasteiger partial charge in [-0.1, -0.05) is 24.3 Å². The lowest BCUT2D eigenvalue weighted by molar-refractivity contribution is -0.121. The third-order valence-electron chi connectivity index (χ3n) is 4.52. The highest BCUT2D eigenvalue weighted by atomic mass is 19.1. The fourth-order valence-electron chi connectivity index (χ4n) is 2.90. The third kappa shape index (κ3) is 5.54. The highest BCUT2D eigenvalue weighted by Crippen LogP contribution is 2.31. The maximum atomic E-state index is 13.7. The molecule has 6 heteroatoms. The van der Waals surface area contributed by atoms with E-state index in [9.17, 15) is 9.18 Å². The van der Waals surface area contributed by atoms with Crippen LogP contribution in [0, 0.1) is 5.82 Å². The Bertz CT molecular complexity index is 963. The van der Waals surface area contributed by atoms with Crippen LogP contribution < -0.4 is 14.8 Å². The Kier molecular flexibility index (Phi) is 6.79. The van der Waals surface area contributed by atoms with E-state index in [2.05, 4.69) is 10.3 Å². The van der Waals surface area contributed by atoms with Crippen molar-refractivity contribution in [3.8, 4) is 11.5 Å². The van der Waals surface area contributed by atoms with Crippen LogP contribution in [0.1, 0.15) is 29.7 Å². The van der Waals surface area contributed by atoms with Crippen LogP contribution in [0.15, 0.2) is 67.0 Å². The number of rotatable bonds is 8. The molecule has 2 aromatic carbocycles. The molecule has 3 rings (SSSR count). The molecule has 0 bridgehead atoms. The van der Waals surface area contributed by atoms with Gasteiger partial charge in [0.05, 0.1) is 19.6 Å². The Hall–Kier alpha value is -3.41. The molecule has 0 saturated carbocycles. The number of benzene rings is 2. The zero-order valence-electron chi connectivity index (χ0n) is 16.4. The zero-order valence-corrected chi connectivity index (χ0v) is 16.4. The molecule has 3 aromatic rings. The predicted molar refractivity (Wildman–Crippen MR) is 108 cm³/mol. The molecule has 29 heavy (non-hydrogen) atoms. The van der Waals surface area contributed by atoms with Crippen molar-refractivity contribution in [1.29, 1.82) is 0 Å². The molecule has 1 amide bonds. The quantitative estimate of drug-likeness (QED) is 0.621. The lowest BCUT2D eigenvalue weighted by Gasteiger charge is -2.17. The summed E-state index contributed by atoms with van der Waals surface area (Å²) in [5, 5.41) is 2.89. The van der Waals surface area contributed by atoms with Crippen molar-refractivity contribution < 1.29 is 18.7 Å². The molecule has 1 atom stereocenters. The fourth-order valence-corrected chi connectivity index (χ4v) is 2.90. The number of nitrogens with zero attached hydrogens (tertiary/aromatic N) is 1. The number of carbonyl (C=O) groups excluding carboxylic acids is 1. The minimum absolute atomic E-state index is 0.0126. The van der Waals surface area contributed by atoms with Crippen molar-refractivity contribution >= 4 is 5.91 Å². The van der Waals surface area contributed by atoms with E-state index < -0.39 is 0 Å². The summed E-state index contributed by atoms with van der Waals surface area (Å²) in [6.45, 7) is 2.26. The molecule has 1 N–H and O–H groups in total. The minimum Gasteiger partial charge on any atom is -0.493 e. The largest absolute Gasteiger partial charge is 0.493 e. The van der Waals surface area contributed by atoms with E-state index >= 15 is 0 Å². The van der Waals surface area contributed by atoms with Crippen molar-refractivity contribution in [3.63, 3.8) is 0 Å². The molecular weight excluding hydrogens is 371 g/mol. The first-order chi connectivity index (χ1) is 14.1. The summed E-state index contributed by atoms with van der Waals surface area (Å²) in [7, 11) is 1.57. The number of ether oxygens (including phenoxy) is 2. The summed E-state index contributed by atoms with van der Waals surface area (Å²) in [6, 6.07) is 15.3. The van der Waals surface area contributed by atoms with Gasteiger partial charge < -0.3 is 14.8 Å². The van der Waals surface area contributed by atoms with Crippen LogP contribution in [0.3, 0.4) is 0 Å². The Morgan fingerprint density at radius 2 is 1.86 bits per heavy atom. The molecule has 0 aliphatic heterocycles. The van der Waals surface area contributed by atoms with Crippen LogP contribution in [0.5, 0.6) is 11.5 Å². The second-order valence-electron chi connectivity index (χ2n) is 6.61. The van der Waals surface area contributed by atoms with Gasteiger partial charge in [0.25, 0.3) is 0 Å². The van der Waals surface area contributed by atoms with Crippen LogP contribution >= 0.6 is 0 Å². The molecular formula is C23H23FN2O3. The van der Waals surface area contributed by atoms with Gasteiger partial charge in [-0.2, -0.15) is 0 Å². The van der Waals surface area contributed by atoms with Gasteiger partial charge in [0, 0.05) is 12.4 Å². The first kappa shape index (κ1) is 20.3. The lowest BCUT2D eigenvalue weighted by atomic mass is 10.1. The second kappa shape index (κ2) is 9.68. The van der Waals surface area contributed by atoms with Gasteiger partial charge in [-0.3, -0.25) is 9.78 Å². The molecule has 0 aliphatic carbocycles. The number of nitrogens with one attached hydrogen (secondary N) is 1. The monoisotopic (exact) mass is 394 g/mol. The number of hydrogen-bond acceptors (Lipinski definition) is 4. The molecule has 0 fully saturated rings. The minimum atomic E-state index is -0.382. The zero-order chi connectivity index (χ0) is 20.6. The SMILES string of the molecule is COc1cc(C(C)NC(=O)Cc2ccccc2F)ccc1OCc1ccncc1. The number of hydrogen-bond donors (Lipinski definition) is 1. The van der Waals surface area contributed by atoms with Crippen molar-refractivity contribution in [2.75, 3.05) is 7.11 Å². The van der Waals surface area contributed by atoms with E-state index in [-0.39, 0.29) is 24.2 Å². The van der Waals surface area contributed by atoms with Crippen LogP contribution in [-0.4, -0.2) is 18.0 Å². The number of carbonyl (C=O) groups is 1. The van der Waals surface area contributed by atoms with Gasteiger partial charge in [0.2, 0.25) is 5.91 Å². The van der Waals surface area contributed by atoms with Crippen molar-refractivity contribution in [2.45, 2.75) is 26.0 Å². The number of aromatic nitrogens is 1. The molecule has 0 aliphatic rings. The molecule has 0 spiro atoms. The number of halogens is 1. The Labute approximate surface area is 169 Å². The third-order valence-corrected chi connectivity index (χ3v) is 4.52. The average Bonchev–Trinajstić information content (AvgIpc) is 2.74. The van der Waals surface area contributed by atoms with Gasteiger partial charge in [0.1, 0.15) is 12.4 Å². The van der Waals surface area contributed by atoms with Gasteiger partial charge in [0.15, 0.2) is 11.5 Å². The summed E-state index contributed by atoms with van der Waals surface area (Å²) < 4.78 is 25.0. The number of pyridine rings is 1. The molecule has 5 nitrogen and oxygen atoms in total. The summed E-state index contributed by atoms with van der Waals surface area (Å²) in [6.07, 6.45) is 3.41. The molecule has 1 heterocycles. The summed E-state index contributed by atoms with van der Waals surface area (Å²) in [5.41, 5.74) is 2.23. The van der Waals surface area contributed by atoms with Crippen molar-refractivity contribution in [2.24, 2.45) is 0 Å². The van der Waals surface area contributed by atoms with E-state index in [1.165, 1.54) is 6.07 Å². The van der Waals surface area contributed by atoms with E-state index in [0.717, 1.165) is 11.1 Å². The standard InChI is InChI=1S/C23H23FN2O3/c1-16(26-23(27)14-19-5-3-4-6-20(19)24)18-7-8-21(22(13-18)28-2)29-15-17-9-11-25-12-10-17/h3-13,16H,14-15H2,1-2H3,(H,26,27). The molecule has 150 valence electrons. The van der Waals surface area contributed by atoms with Crippen molar-refractivity contribution in [1.82, 2.24) is 10.3 Å². The normalized spacial score (nSPS) is 11.6. The summed E-state index contributed by atoms with van der Waals surface area (Å²) >= 11 is 0. The topological polar surface area (TPSA) is 60.5 Å². The van der Waals surface area contributed by atoms with Crippen LogP contribution in [0.25, 0.3) is 0 Å². The lowest BCUT2D eigenvalue weighted by Crippen LogP contribution is -2.28. The second-order valence-corrected chi connectivity index (χ2v) is 6.61. The van der Waals surface area contributed by atoms with Gasteiger partial charge in [-0.05, 0) is 53.9 Å². The van der Waals surface area contributed by atoms with E-state index in [1.807, 2.05) is 37.3 Å². The smallest absolute Gasteiger partial charge is 0.225 e. The van der Waals surface area contributed by atoms with Gasteiger partial charge in [-0.15, -0.1) is 0 Å². The average molecular weight is 394 g/mol. The van der Waals surface area contributed by atoms with Gasteiger partial charge >= 0.3 is 0 Å². The Morgan fingerprint density at radius 1 is 1.10 bits per heavy atom. The Morgan fingerprint density at radius 3 is 2.59 bits per heavy atom. The van der Waals surface area contributed by atoms with Crippen LogP contribution in [0.2, 0.25) is 0 Å². The molecule has 0 saturated heterocycles. The first-order valence-corrected chi connectivity index (χ1v) is 9.29. The van der Waals surface area contributed by atoms with Crippen LogP contribution in [-0.2, 0) is 17.8 Å². The highest BCUT2D eigenvalue weighted by Gasteiger charge is 2.14. The molecule has 0 radical (unpaired) electrons. The van der Waals surface area contributed by atoms with Crippen molar-refractivity contribution in [3.05, 3.63) is 89.5 Å². The Balaban J connectivity index is 1.63. The summed E-state index contributed by atoms with van der Waals surface area (Å²) in [4.78, 5) is 16.3. The molecule has 1 unspecified atom stereocenters. The van der Waals surface area contributed by atoms with E-state index in [1.54, 1.807) is 37.7 Å². The van der Waals surface area contributed by atoms with E-state index in [4.69, 9.17) is 9.47 Å². The number of amides is 1. The molecule has 1 aromatic heterocycles. The number of methoxy groups -OCH3 is 1. The summed E-state index contributed by atoms with van der Waals surface area (Å²) in [5.74, 6) is 0.553.